The van der Waals surface area contributed by atoms with Crippen LogP contribution in [0.1, 0.15) is 17.3 Å². The molecule has 0 saturated carbocycles. The van der Waals surface area contributed by atoms with Gasteiger partial charge in [-0.2, -0.15) is 0 Å². The summed E-state index contributed by atoms with van der Waals surface area (Å²) in [6.07, 6.45) is 0. The van der Waals surface area contributed by atoms with Crippen molar-refractivity contribution < 1.29 is 14.3 Å². The van der Waals surface area contributed by atoms with E-state index >= 15 is 0 Å². The van der Waals surface area contributed by atoms with Crippen LogP contribution in [0.5, 0.6) is 5.75 Å². The van der Waals surface area contributed by atoms with E-state index in [1.165, 1.54) is 7.11 Å². The predicted molar refractivity (Wildman–Crippen MR) is 83.1 cm³/mol. The van der Waals surface area contributed by atoms with E-state index in [9.17, 15) is 4.79 Å². The minimum Gasteiger partial charge on any atom is -0.492 e. The first-order valence-electron chi connectivity index (χ1n) is 6.62. The SMILES string of the molecule is CCOc1ccccc1Nc1ccc(C(=O)OC)cc1N. The van der Waals surface area contributed by atoms with Gasteiger partial charge in [-0.15, -0.1) is 0 Å². The first-order chi connectivity index (χ1) is 10.2. The fourth-order valence-corrected chi connectivity index (χ4v) is 1.92. The van der Waals surface area contributed by atoms with Crippen molar-refractivity contribution in [2.24, 2.45) is 0 Å². The summed E-state index contributed by atoms with van der Waals surface area (Å²) in [5.41, 5.74) is 8.37. The van der Waals surface area contributed by atoms with Crippen molar-refractivity contribution in [3.8, 4) is 5.75 Å². The molecule has 0 spiro atoms. The van der Waals surface area contributed by atoms with Crippen LogP contribution in [0.4, 0.5) is 17.1 Å². The molecule has 0 radical (unpaired) electrons. The predicted octanol–water partition coefficient (Wildman–Crippen LogP) is 3.20. The molecule has 0 aliphatic carbocycles. The summed E-state index contributed by atoms with van der Waals surface area (Å²) >= 11 is 0. The first kappa shape index (κ1) is 14.7. The molecular weight excluding hydrogens is 268 g/mol. The third-order valence-corrected chi connectivity index (χ3v) is 2.93. The number of nitrogens with one attached hydrogen (secondary N) is 1. The maximum Gasteiger partial charge on any atom is 0.337 e. The maximum absolute atomic E-state index is 11.5. The highest BCUT2D eigenvalue weighted by Gasteiger charge is 2.09. The van der Waals surface area contributed by atoms with Gasteiger partial charge in [0.1, 0.15) is 5.75 Å². The Bertz CT molecular complexity index is 641. The van der Waals surface area contributed by atoms with Gasteiger partial charge < -0.3 is 20.5 Å². The average molecular weight is 286 g/mol. The minimum absolute atomic E-state index is 0.414. The fourth-order valence-electron chi connectivity index (χ4n) is 1.92. The fraction of sp³-hybridized carbons (Fsp3) is 0.188. The Morgan fingerprint density at radius 1 is 1.19 bits per heavy atom. The zero-order valence-electron chi connectivity index (χ0n) is 12.1. The lowest BCUT2D eigenvalue weighted by Gasteiger charge is -2.14. The molecule has 2 rings (SSSR count). The number of hydrogen-bond donors (Lipinski definition) is 2. The number of methoxy groups -OCH3 is 1. The number of hydrogen-bond acceptors (Lipinski definition) is 5. The monoisotopic (exact) mass is 286 g/mol. The number of para-hydroxylation sites is 2. The van der Waals surface area contributed by atoms with Crippen molar-refractivity contribution in [3.63, 3.8) is 0 Å². The summed E-state index contributed by atoms with van der Waals surface area (Å²) in [4.78, 5) is 11.5. The summed E-state index contributed by atoms with van der Waals surface area (Å²) in [5.74, 6) is 0.333. The number of nitrogens with two attached hydrogens (primary N) is 1. The van der Waals surface area contributed by atoms with Crippen molar-refractivity contribution in [2.45, 2.75) is 6.92 Å². The molecule has 0 fully saturated rings. The van der Waals surface area contributed by atoms with Gasteiger partial charge in [0.15, 0.2) is 0 Å². The van der Waals surface area contributed by atoms with E-state index in [0.29, 0.717) is 23.5 Å². The molecular formula is C16H18N2O3. The average Bonchev–Trinajstić information content (AvgIpc) is 2.50. The zero-order valence-corrected chi connectivity index (χ0v) is 12.1. The van der Waals surface area contributed by atoms with Gasteiger partial charge in [0.2, 0.25) is 0 Å². The van der Waals surface area contributed by atoms with Crippen LogP contribution in [0.15, 0.2) is 42.5 Å². The van der Waals surface area contributed by atoms with Crippen molar-refractivity contribution >= 4 is 23.0 Å². The van der Waals surface area contributed by atoms with Crippen LogP contribution in [0.2, 0.25) is 0 Å². The van der Waals surface area contributed by atoms with Gasteiger partial charge in [-0.3, -0.25) is 0 Å². The highest BCUT2D eigenvalue weighted by molar-refractivity contribution is 5.92. The molecule has 21 heavy (non-hydrogen) atoms. The Labute approximate surface area is 123 Å². The number of esters is 1. The highest BCUT2D eigenvalue weighted by Crippen LogP contribution is 2.30. The van der Waals surface area contributed by atoms with E-state index in [0.717, 1.165) is 11.4 Å². The second-order valence-corrected chi connectivity index (χ2v) is 4.35. The molecule has 0 bridgehead atoms. The van der Waals surface area contributed by atoms with E-state index in [1.807, 2.05) is 31.2 Å². The van der Waals surface area contributed by atoms with Crippen molar-refractivity contribution in [1.82, 2.24) is 0 Å². The van der Waals surface area contributed by atoms with Crippen LogP contribution in [0.3, 0.4) is 0 Å². The van der Waals surface area contributed by atoms with E-state index in [-0.39, 0.29) is 0 Å². The maximum atomic E-state index is 11.5. The number of carbonyl (C=O) groups is 1. The third-order valence-electron chi connectivity index (χ3n) is 2.93. The molecule has 5 heteroatoms. The van der Waals surface area contributed by atoms with Gasteiger partial charge in [0.25, 0.3) is 0 Å². The molecule has 0 atom stereocenters. The number of nitrogen functional groups attached to an aromatic ring is 1. The first-order valence-corrected chi connectivity index (χ1v) is 6.62. The van der Waals surface area contributed by atoms with E-state index in [4.69, 9.17) is 10.5 Å². The van der Waals surface area contributed by atoms with Crippen molar-refractivity contribution in [2.75, 3.05) is 24.8 Å². The van der Waals surface area contributed by atoms with Crippen molar-refractivity contribution in [1.29, 1.82) is 0 Å². The van der Waals surface area contributed by atoms with Crippen LogP contribution in [-0.2, 0) is 4.74 Å². The lowest BCUT2D eigenvalue weighted by molar-refractivity contribution is 0.0601. The lowest BCUT2D eigenvalue weighted by atomic mass is 10.1. The summed E-state index contributed by atoms with van der Waals surface area (Å²) in [5, 5.41) is 3.21. The van der Waals surface area contributed by atoms with E-state index < -0.39 is 5.97 Å². The molecule has 0 aromatic heterocycles. The van der Waals surface area contributed by atoms with Crippen molar-refractivity contribution in [3.05, 3.63) is 48.0 Å². The summed E-state index contributed by atoms with van der Waals surface area (Å²) in [6.45, 7) is 2.51. The van der Waals surface area contributed by atoms with Gasteiger partial charge in [0, 0.05) is 0 Å². The van der Waals surface area contributed by atoms with Crippen LogP contribution in [0.25, 0.3) is 0 Å². The molecule has 0 aliphatic rings. The summed E-state index contributed by atoms with van der Waals surface area (Å²) in [6, 6.07) is 12.6. The number of carbonyl (C=O) groups excluding carboxylic acids is 1. The molecule has 0 heterocycles. The largest absolute Gasteiger partial charge is 0.492 e. The van der Waals surface area contributed by atoms with Gasteiger partial charge in [-0.25, -0.2) is 4.79 Å². The third kappa shape index (κ3) is 3.45. The second-order valence-electron chi connectivity index (χ2n) is 4.35. The van der Waals surface area contributed by atoms with Crippen LogP contribution >= 0.6 is 0 Å². The Morgan fingerprint density at radius 2 is 1.95 bits per heavy atom. The molecule has 0 unspecified atom stereocenters. The Hall–Kier alpha value is -2.69. The molecule has 3 N–H and O–H groups in total. The molecule has 2 aromatic carbocycles. The second kappa shape index (κ2) is 6.65. The molecule has 2 aromatic rings. The number of rotatable bonds is 5. The summed E-state index contributed by atoms with van der Waals surface area (Å²) < 4.78 is 10.2. The lowest BCUT2D eigenvalue weighted by Crippen LogP contribution is -2.04. The smallest absolute Gasteiger partial charge is 0.337 e. The van der Waals surface area contributed by atoms with Gasteiger partial charge in [-0.1, -0.05) is 12.1 Å². The molecule has 0 aliphatic heterocycles. The Kier molecular flexibility index (Phi) is 4.66. The summed E-state index contributed by atoms with van der Waals surface area (Å²) in [7, 11) is 1.34. The van der Waals surface area contributed by atoms with E-state index in [1.54, 1.807) is 18.2 Å². The van der Waals surface area contributed by atoms with Crippen LogP contribution in [-0.4, -0.2) is 19.7 Å². The van der Waals surface area contributed by atoms with Gasteiger partial charge >= 0.3 is 5.97 Å². The molecule has 110 valence electrons. The van der Waals surface area contributed by atoms with Gasteiger partial charge in [-0.05, 0) is 37.3 Å². The highest BCUT2D eigenvalue weighted by atomic mass is 16.5. The standard InChI is InChI=1S/C16H18N2O3/c1-3-21-15-7-5-4-6-14(15)18-13-9-8-11(10-12(13)17)16(19)20-2/h4-10,18H,3,17H2,1-2H3. The molecule has 0 amide bonds. The number of ether oxygens (including phenoxy) is 2. The van der Waals surface area contributed by atoms with Crippen LogP contribution < -0.4 is 15.8 Å². The Balaban J connectivity index is 2.26. The molecule has 0 saturated heterocycles. The Morgan fingerprint density at radius 3 is 2.62 bits per heavy atom. The van der Waals surface area contributed by atoms with Gasteiger partial charge in [0.05, 0.1) is 36.3 Å². The minimum atomic E-state index is -0.414. The topological polar surface area (TPSA) is 73.6 Å². The number of anilines is 3. The quantitative estimate of drug-likeness (QED) is 0.652. The molecule has 5 nitrogen and oxygen atoms in total. The normalized spacial score (nSPS) is 10.0. The number of benzene rings is 2. The zero-order chi connectivity index (χ0) is 15.2. The van der Waals surface area contributed by atoms with E-state index in [2.05, 4.69) is 10.1 Å². The van der Waals surface area contributed by atoms with Crippen LogP contribution in [0, 0.1) is 0 Å².